The molecule has 0 bridgehead atoms. The van der Waals surface area contributed by atoms with Gasteiger partial charge in [-0.15, -0.1) is 0 Å². The zero-order valence-electron chi connectivity index (χ0n) is 14.7. The number of pyridine rings is 1. The van der Waals surface area contributed by atoms with Gasteiger partial charge < -0.3 is 15.6 Å². The van der Waals surface area contributed by atoms with Crippen molar-refractivity contribution < 1.29 is 18.0 Å². The quantitative estimate of drug-likeness (QED) is 0.416. The summed E-state index contributed by atoms with van der Waals surface area (Å²) in [5.74, 6) is 0. The Morgan fingerprint density at radius 1 is 0.964 bits per heavy atom. The molecule has 4 rings (SSSR count). The van der Waals surface area contributed by atoms with Gasteiger partial charge in [-0.2, -0.15) is 13.2 Å². The zero-order chi connectivity index (χ0) is 19.9. The molecule has 5 nitrogen and oxygen atoms in total. The molecule has 0 atom stereocenters. The van der Waals surface area contributed by atoms with Crippen LogP contribution in [0.2, 0.25) is 0 Å². The largest absolute Gasteiger partial charge is 0.416 e. The monoisotopic (exact) mass is 384 g/mol. The highest BCUT2D eigenvalue weighted by atomic mass is 19.4. The molecule has 0 aliphatic carbocycles. The number of nitrogens with one attached hydrogen (secondary N) is 3. The van der Waals surface area contributed by atoms with Gasteiger partial charge >= 0.3 is 12.2 Å². The summed E-state index contributed by atoms with van der Waals surface area (Å²) in [4.78, 5) is 19.8. The molecule has 0 aliphatic heterocycles. The van der Waals surface area contributed by atoms with Crippen LogP contribution in [0.1, 0.15) is 11.3 Å². The van der Waals surface area contributed by atoms with Crippen LogP contribution in [0.5, 0.6) is 0 Å². The first-order chi connectivity index (χ1) is 13.3. The van der Waals surface area contributed by atoms with Crippen molar-refractivity contribution in [2.75, 3.05) is 10.6 Å². The van der Waals surface area contributed by atoms with Crippen LogP contribution in [0, 0.1) is 6.92 Å². The first-order valence-corrected chi connectivity index (χ1v) is 8.43. The second-order valence-corrected chi connectivity index (χ2v) is 6.36. The van der Waals surface area contributed by atoms with E-state index in [0.29, 0.717) is 5.69 Å². The Balaban J connectivity index is 1.53. The number of fused-ring (bicyclic) bond motifs is 3. The molecule has 4 aromatic rings. The maximum atomic E-state index is 12.6. The average Bonchev–Trinajstić information content (AvgIpc) is 3.01. The third-order valence-corrected chi connectivity index (χ3v) is 4.44. The molecule has 0 saturated heterocycles. The lowest BCUT2D eigenvalue weighted by molar-refractivity contribution is -0.137. The minimum Gasteiger partial charge on any atom is -0.353 e. The molecule has 2 heterocycles. The van der Waals surface area contributed by atoms with E-state index >= 15 is 0 Å². The van der Waals surface area contributed by atoms with Crippen LogP contribution in [0.15, 0.2) is 54.7 Å². The smallest absolute Gasteiger partial charge is 0.353 e. The number of rotatable bonds is 2. The van der Waals surface area contributed by atoms with Crippen molar-refractivity contribution in [2.45, 2.75) is 13.1 Å². The molecule has 0 saturated carbocycles. The van der Waals surface area contributed by atoms with E-state index in [1.165, 1.54) is 12.1 Å². The number of hydrogen-bond acceptors (Lipinski definition) is 2. The molecule has 142 valence electrons. The van der Waals surface area contributed by atoms with Crippen LogP contribution >= 0.6 is 0 Å². The number of aromatic amines is 1. The molecule has 0 aliphatic rings. The van der Waals surface area contributed by atoms with E-state index in [4.69, 9.17) is 0 Å². The van der Waals surface area contributed by atoms with Crippen LogP contribution in [-0.4, -0.2) is 16.0 Å². The van der Waals surface area contributed by atoms with Gasteiger partial charge in [0.15, 0.2) is 0 Å². The summed E-state index contributed by atoms with van der Waals surface area (Å²) in [6, 6.07) is 11.0. The standard InChI is InChI=1S/C20H15F3N4O/c1-11-18-15(8-9-24-11)16-10-14(6-7-17(16)27-18)26-19(28)25-13-4-2-12(3-5-13)20(21,22)23/h2-10,27H,1H3,(H2,25,26,28). The lowest BCUT2D eigenvalue weighted by Gasteiger charge is -2.10. The molecule has 2 aromatic carbocycles. The number of aromatic nitrogens is 2. The fraction of sp³-hybridized carbons (Fsp3) is 0.100. The molecule has 0 fully saturated rings. The highest BCUT2D eigenvalue weighted by molar-refractivity contribution is 6.10. The van der Waals surface area contributed by atoms with Crippen LogP contribution < -0.4 is 10.6 Å². The molecular weight excluding hydrogens is 369 g/mol. The van der Waals surface area contributed by atoms with Crippen LogP contribution in [0.25, 0.3) is 21.8 Å². The van der Waals surface area contributed by atoms with Crippen molar-refractivity contribution in [1.29, 1.82) is 0 Å². The summed E-state index contributed by atoms with van der Waals surface area (Å²) in [6.07, 6.45) is -2.69. The minimum absolute atomic E-state index is 0.264. The topological polar surface area (TPSA) is 69.8 Å². The summed E-state index contributed by atoms with van der Waals surface area (Å²) in [6.45, 7) is 1.91. The highest BCUT2D eigenvalue weighted by Gasteiger charge is 2.29. The predicted molar refractivity (Wildman–Crippen MR) is 102 cm³/mol. The lowest BCUT2D eigenvalue weighted by Crippen LogP contribution is -2.19. The van der Waals surface area contributed by atoms with E-state index in [-0.39, 0.29) is 5.69 Å². The van der Waals surface area contributed by atoms with Gasteiger partial charge in [0.1, 0.15) is 0 Å². The van der Waals surface area contributed by atoms with Gasteiger partial charge in [0.25, 0.3) is 0 Å². The van der Waals surface area contributed by atoms with Crippen LogP contribution in [-0.2, 0) is 6.18 Å². The number of carbonyl (C=O) groups is 1. The van der Waals surface area contributed by atoms with Gasteiger partial charge in [0.05, 0.1) is 16.8 Å². The van der Waals surface area contributed by atoms with E-state index < -0.39 is 17.8 Å². The number of carbonyl (C=O) groups excluding carboxylic acids is 1. The number of nitrogens with zero attached hydrogens (tertiary/aromatic N) is 1. The van der Waals surface area contributed by atoms with Crippen molar-refractivity contribution in [3.63, 3.8) is 0 Å². The maximum Gasteiger partial charge on any atom is 0.416 e. The van der Waals surface area contributed by atoms with Gasteiger partial charge in [0.2, 0.25) is 0 Å². The molecule has 0 spiro atoms. The summed E-state index contributed by atoms with van der Waals surface area (Å²) >= 11 is 0. The van der Waals surface area contributed by atoms with Crippen molar-refractivity contribution in [1.82, 2.24) is 9.97 Å². The number of alkyl halides is 3. The van der Waals surface area contributed by atoms with Gasteiger partial charge in [-0.1, -0.05) is 0 Å². The second kappa shape index (κ2) is 6.56. The molecule has 2 aromatic heterocycles. The third-order valence-electron chi connectivity index (χ3n) is 4.44. The summed E-state index contributed by atoms with van der Waals surface area (Å²) in [5, 5.41) is 7.15. The predicted octanol–water partition coefficient (Wildman–Crippen LogP) is 5.69. The van der Waals surface area contributed by atoms with E-state index in [1.807, 2.05) is 25.1 Å². The fourth-order valence-corrected chi connectivity index (χ4v) is 3.07. The Bertz CT molecular complexity index is 1180. The second-order valence-electron chi connectivity index (χ2n) is 6.36. The minimum atomic E-state index is -4.41. The molecule has 8 heteroatoms. The molecule has 0 unspecified atom stereocenters. The van der Waals surface area contributed by atoms with E-state index in [0.717, 1.165) is 39.6 Å². The van der Waals surface area contributed by atoms with E-state index in [1.54, 1.807) is 12.3 Å². The molecule has 28 heavy (non-hydrogen) atoms. The third kappa shape index (κ3) is 3.36. The SMILES string of the molecule is Cc1nccc2c1[nH]c1ccc(NC(=O)Nc3ccc(C(F)(F)F)cc3)cc12. The lowest BCUT2D eigenvalue weighted by atomic mass is 10.1. The molecular formula is C20H15F3N4O. The number of hydrogen-bond donors (Lipinski definition) is 3. The highest BCUT2D eigenvalue weighted by Crippen LogP contribution is 2.30. The fourth-order valence-electron chi connectivity index (χ4n) is 3.07. The van der Waals surface area contributed by atoms with E-state index in [9.17, 15) is 18.0 Å². The van der Waals surface area contributed by atoms with Gasteiger partial charge in [-0.05, 0) is 55.5 Å². The van der Waals surface area contributed by atoms with Crippen molar-refractivity contribution in [2.24, 2.45) is 0 Å². The first kappa shape index (κ1) is 17.8. The number of H-pyrrole nitrogens is 1. The number of halogens is 3. The Hall–Kier alpha value is -3.55. The molecule has 2 amide bonds. The van der Waals surface area contributed by atoms with Crippen molar-refractivity contribution >= 4 is 39.2 Å². The summed E-state index contributed by atoms with van der Waals surface area (Å²) in [5.41, 5.74) is 2.78. The average molecular weight is 384 g/mol. The van der Waals surface area contributed by atoms with E-state index in [2.05, 4.69) is 20.6 Å². The molecule has 3 N–H and O–H groups in total. The number of amides is 2. The Kier molecular flexibility index (Phi) is 4.18. The first-order valence-electron chi connectivity index (χ1n) is 8.43. The number of anilines is 2. The normalized spacial score (nSPS) is 11.7. The number of aryl methyl sites for hydroxylation is 1. The Morgan fingerprint density at radius 2 is 1.64 bits per heavy atom. The summed E-state index contributed by atoms with van der Waals surface area (Å²) in [7, 11) is 0. The van der Waals surface area contributed by atoms with Gasteiger partial charge in [-0.3, -0.25) is 4.98 Å². The van der Waals surface area contributed by atoms with Crippen molar-refractivity contribution in [3.8, 4) is 0 Å². The number of benzene rings is 2. The Labute approximate surface area is 157 Å². The molecule has 0 radical (unpaired) electrons. The van der Waals surface area contributed by atoms with Crippen molar-refractivity contribution in [3.05, 3.63) is 66.0 Å². The number of urea groups is 1. The summed E-state index contributed by atoms with van der Waals surface area (Å²) < 4.78 is 37.8. The van der Waals surface area contributed by atoms with Crippen LogP contribution in [0.3, 0.4) is 0 Å². The van der Waals surface area contributed by atoms with Gasteiger partial charge in [0, 0.05) is 33.9 Å². The zero-order valence-corrected chi connectivity index (χ0v) is 14.7. The van der Waals surface area contributed by atoms with Gasteiger partial charge in [-0.25, -0.2) is 4.79 Å². The van der Waals surface area contributed by atoms with Crippen LogP contribution in [0.4, 0.5) is 29.3 Å². The maximum absolute atomic E-state index is 12.6. The Morgan fingerprint density at radius 3 is 2.36 bits per heavy atom.